The van der Waals surface area contributed by atoms with Crippen LogP contribution in [0.2, 0.25) is 0 Å². The molecular weight excluding hydrogens is 404 g/mol. The molecule has 32 heavy (non-hydrogen) atoms. The Balaban J connectivity index is 1.26. The molecule has 0 radical (unpaired) electrons. The number of likely N-dealkylation sites (tertiary alicyclic amines) is 1. The quantitative estimate of drug-likeness (QED) is 0.631. The number of para-hydroxylation sites is 1. The molecule has 1 aromatic rings. The van der Waals surface area contributed by atoms with Crippen LogP contribution in [0.5, 0.6) is 0 Å². The van der Waals surface area contributed by atoms with Crippen LogP contribution in [0.25, 0.3) is 0 Å². The predicted molar refractivity (Wildman–Crippen MR) is 124 cm³/mol. The molecule has 4 rings (SSSR count). The molecule has 7 nitrogen and oxygen atoms in total. The summed E-state index contributed by atoms with van der Waals surface area (Å²) in [6.07, 6.45) is 5.92. The van der Waals surface area contributed by atoms with Gasteiger partial charge in [0.05, 0.1) is 11.3 Å². The van der Waals surface area contributed by atoms with Crippen LogP contribution in [0.3, 0.4) is 0 Å². The molecule has 3 heterocycles. The molecule has 1 N–H and O–H groups in total. The van der Waals surface area contributed by atoms with Gasteiger partial charge in [0, 0.05) is 32.5 Å². The van der Waals surface area contributed by atoms with E-state index >= 15 is 0 Å². The first-order chi connectivity index (χ1) is 15.4. The monoisotopic (exact) mass is 440 g/mol. The van der Waals surface area contributed by atoms with E-state index in [0.29, 0.717) is 37.2 Å². The van der Waals surface area contributed by atoms with E-state index in [1.807, 2.05) is 25.1 Å². The van der Waals surface area contributed by atoms with E-state index < -0.39 is 5.66 Å². The van der Waals surface area contributed by atoms with Crippen molar-refractivity contribution in [1.82, 2.24) is 15.1 Å². The molecule has 0 aliphatic carbocycles. The van der Waals surface area contributed by atoms with Gasteiger partial charge >= 0.3 is 0 Å². The fourth-order valence-corrected chi connectivity index (χ4v) is 5.52. The number of carbonyl (C=O) groups excluding carboxylic acids is 3. The molecule has 1 aromatic carbocycles. The SMILES string of the molecule is C[C@@H]1CCCN(CCCCNC(=O)CCN2C(=O)c3ccccc3N3C(=O)CC[C@@]23C)C1. The van der Waals surface area contributed by atoms with Gasteiger partial charge in [-0.25, -0.2) is 0 Å². The third kappa shape index (κ3) is 4.53. The van der Waals surface area contributed by atoms with Crippen molar-refractivity contribution < 1.29 is 14.4 Å². The highest BCUT2D eigenvalue weighted by Crippen LogP contribution is 2.43. The molecule has 0 spiro atoms. The molecule has 7 heteroatoms. The number of rotatable bonds is 8. The van der Waals surface area contributed by atoms with Crippen molar-refractivity contribution >= 4 is 23.4 Å². The van der Waals surface area contributed by atoms with Gasteiger partial charge in [-0.2, -0.15) is 0 Å². The second kappa shape index (κ2) is 9.61. The first kappa shape index (κ1) is 22.8. The zero-order chi connectivity index (χ0) is 22.7. The smallest absolute Gasteiger partial charge is 0.257 e. The van der Waals surface area contributed by atoms with Crippen LogP contribution in [0.15, 0.2) is 24.3 Å². The van der Waals surface area contributed by atoms with E-state index in [1.54, 1.807) is 15.9 Å². The van der Waals surface area contributed by atoms with Crippen molar-refractivity contribution in [3.63, 3.8) is 0 Å². The van der Waals surface area contributed by atoms with Gasteiger partial charge in [-0.3, -0.25) is 19.3 Å². The van der Waals surface area contributed by atoms with Crippen molar-refractivity contribution in [2.45, 2.75) is 64.5 Å². The van der Waals surface area contributed by atoms with Gasteiger partial charge in [-0.1, -0.05) is 19.1 Å². The molecule has 2 fully saturated rings. The minimum absolute atomic E-state index is 0.0324. The molecular formula is C25H36N4O3. The van der Waals surface area contributed by atoms with Crippen LogP contribution >= 0.6 is 0 Å². The summed E-state index contributed by atoms with van der Waals surface area (Å²) in [5.41, 5.74) is 0.521. The second-order valence-electron chi connectivity index (χ2n) is 9.78. The van der Waals surface area contributed by atoms with Gasteiger partial charge in [-0.05, 0) is 70.2 Å². The Bertz CT molecular complexity index is 872. The van der Waals surface area contributed by atoms with E-state index in [1.165, 1.54) is 25.9 Å². The molecule has 0 bridgehead atoms. The number of fused-ring (bicyclic) bond motifs is 3. The summed E-state index contributed by atoms with van der Waals surface area (Å²) in [6.45, 7) is 8.72. The minimum atomic E-state index is -0.700. The lowest BCUT2D eigenvalue weighted by Crippen LogP contribution is -2.62. The Kier molecular flexibility index (Phi) is 6.84. The molecule has 174 valence electrons. The lowest BCUT2D eigenvalue weighted by molar-refractivity contribution is -0.121. The summed E-state index contributed by atoms with van der Waals surface area (Å²) < 4.78 is 0. The van der Waals surface area contributed by atoms with Crippen LogP contribution in [0, 0.1) is 5.92 Å². The Labute approximate surface area is 191 Å². The highest BCUT2D eigenvalue weighted by Gasteiger charge is 2.52. The lowest BCUT2D eigenvalue weighted by Gasteiger charge is -2.48. The number of benzene rings is 1. The summed E-state index contributed by atoms with van der Waals surface area (Å²) >= 11 is 0. The Morgan fingerprint density at radius 3 is 2.81 bits per heavy atom. The number of carbonyl (C=O) groups is 3. The molecule has 2 atom stereocenters. The van der Waals surface area contributed by atoms with Gasteiger partial charge in [-0.15, -0.1) is 0 Å². The number of hydrogen-bond acceptors (Lipinski definition) is 4. The molecule has 3 amide bonds. The first-order valence-corrected chi connectivity index (χ1v) is 12.1. The van der Waals surface area contributed by atoms with Crippen LogP contribution in [0.1, 0.15) is 69.2 Å². The topological polar surface area (TPSA) is 73.0 Å². The van der Waals surface area contributed by atoms with Gasteiger partial charge in [0.25, 0.3) is 5.91 Å². The Hall–Kier alpha value is -2.41. The molecule has 3 aliphatic heterocycles. The number of nitrogens with one attached hydrogen (secondary N) is 1. The summed E-state index contributed by atoms with van der Waals surface area (Å²) in [5, 5.41) is 3.01. The summed E-state index contributed by atoms with van der Waals surface area (Å²) in [5.74, 6) is 0.686. The van der Waals surface area contributed by atoms with Crippen molar-refractivity contribution in [3.8, 4) is 0 Å². The number of nitrogens with zero attached hydrogens (tertiary/aromatic N) is 3. The third-order valence-corrected chi connectivity index (χ3v) is 7.27. The number of amides is 3. The molecule has 2 saturated heterocycles. The third-order valence-electron chi connectivity index (χ3n) is 7.27. The fourth-order valence-electron chi connectivity index (χ4n) is 5.52. The summed E-state index contributed by atoms with van der Waals surface area (Å²) in [7, 11) is 0. The van der Waals surface area contributed by atoms with Crippen LogP contribution < -0.4 is 10.2 Å². The Morgan fingerprint density at radius 2 is 2.00 bits per heavy atom. The van der Waals surface area contributed by atoms with Crippen LogP contribution in [0.4, 0.5) is 5.69 Å². The number of piperidine rings is 1. The van der Waals surface area contributed by atoms with Crippen LogP contribution in [-0.4, -0.2) is 65.9 Å². The Morgan fingerprint density at radius 1 is 1.19 bits per heavy atom. The molecule has 3 aliphatic rings. The molecule has 0 unspecified atom stereocenters. The fraction of sp³-hybridized carbons (Fsp3) is 0.640. The van der Waals surface area contributed by atoms with Crippen molar-refractivity contribution in [2.24, 2.45) is 5.92 Å². The zero-order valence-corrected chi connectivity index (χ0v) is 19.4. The number of hydrogen-bond donors (Lipinski definition) is 1. The lowest BCUT2D eigenvalue weighted by atomic mass is 9.98. The standard InChI is InChI=1S/C25H36N4O3/c1-19-8-7-16-27(18-19)15-6-5-14-26-22(30)12-17-28-24(32)20-9-3-4-10-21(20)29-23(31)11-13-25(28,29)2/h3-4,9-10,19H,5-8,11-18H2,1-2H3,(H,26,30)/t19-,25+/m1/s1. The summed E-state index contributed by atoms with van der Waals surface area (Å²) in [6, 6.07) is 7.27. The average Bonchev–Trinajstić information content (AvgIpc) is 3.08. The van der Waals surface area contributed by atoms with E-state index in [-0.39, 0.29) is 24.1 Å². The normalized spacial score (nSPS) is 25.6. The second-order valence-corrected chi connectivity index (χ2v) is 9.78. The molecule has 0 aromatic heterocycles. The maximum atomic E-state index is 13.2. The van der Waals surface area contributed by atoms with E-state index in [2.05, 4.69) is 17.1 Å². The van der Waals surface area contributed by atoms with Crippen molar-refractivity contribution in [3.05, 3.63) is 29.8 Å². The highest BCUT2D eigenvalue weighted by molar-refractivity contribution is 6.10. The minimum Gasteiger partial charge on any atom is -0.356 e. The predicted octanol–water partition coefficient (Wildman–Crippen LogP) is 3.00. The first-order valence-electron chi connectivity index (χ1n) is 12.1. The van der Waals surface area contributed by atoms with E-state index in [9.17, 15) is 14.4 Å². The molecule has 0 saturated carbocycles. The number of anilines is 1. The maximum Gasteiger partial charge on any atom is 0.257 e. The largest absolute Gasteiger partial charge is 0.356 e. The van der Waals surface area contributed by atoms with Gasteiger partial charge in [0.1, 0.15) is 5.66 Å². The van der Waals surface area contributed by atoms with Crippen molar-refractivity contribution in [2.75, 3.05) is 37.6 Å². The van der Waals surface area contributed by atoms with Crippen LogP contribution in [-0.2, 0) is 9.59 Å². The van der Waals surface area contributed by atoms with Gasteiger partial charge in [0.15, 0.2) is 0 Å². The zero-order valence-electron chi connectivity index (χ0n) is 19.4. The highest BCUT2D eigenvalue weighted by atomic mass is 16.2. The van der Waals surface area contributed by atoms with Gasteiger partial charge < -0.3 is 15.1 Å². The maximum absolute atomic E-state index is 13.2. The van der Waals surface area contributed by atoms with Crippen molar-refractivity contribution in [1.29, 1.82) is 0 Å². The van der Waals surface area contributed by atoms with E-state index in [0.717, 1.165) is 25.3 Å². The average molecular weight is 441 g/mol. The number of unbranched alkanes of at least 4 members (excludes halogenated alkanes) is 1. The van der Waals surface area contributed by atoms with Gasteiger partial charge in [0.2, 0.25) is 11.8 Å². The van der Waals surface area contributed by atoms with E-state index in [4.69, 9.17) is 0 Å². The summed E-state index contributed by atoms with van der Waals surface area (Å²) in [4.78, 5) is 44.3.